The van der Waals surface area contributed by atoms with Gasteiger partial charge in [-0.3, -0.25) is 4.79 Å². The number of fused-ring (bicyclic) bond motifs is 1. The minimum Gasteiger partial charge on any atom is -0.355 e. The van der Waals surface area contributed by atoms with Gasteiger partial charge in [-0.05, 0) is 29.8 Å². The number of carbonyl (C=O) groups excluding carboxylic acids is 1. The summed E-state index contributed by atoms with van der Waals surface area (Å²) in [5.74, 6) is -0.0230. The quantitative estimate of drug-likeness (QED) is 0.752. The Labute approximate surface area is 133 Å². The van der Waals surface area contributed by atoms with Crippen LogP contribution < -0.4 is 5.32 Å². The number of hydrogen-bond acceptors (Lipinski definition) is 2. The number of carbonyl (C=O) groups is 1. The van der Waals surface area contributed by atoms with Crippen LogP contribution >= 0.6 is 0 Å². The number of rotatable bonds is 2. The van der Waals surface area contributed by atoms with Crippen molar-refractivity contribution in [1.82, 2.24) is 10.3 Å². The van der Waals surface area contributed by atoms with Gasteiger partial charge in [0.05, 0.1) is 0 Å². The molecule has 0 unspecified atom stereocenters. The standard InChI is InChI=1S/C19H17FN2O/c20-13-5-6-15(18-11-14(23)7-8-21-18)16(10-13)19-9-12-3-1-2-4-17(12)22-19/h1-6,9-10,18,21-22H,7-8,11H2/t18-/m1/s1. The summed E-state index contributed by atoms with van der Waals surface area (Å²) < 4.78 is 13.8. The second kappa shape index (κ2) is 5.63. The highest BCUT2D eigenvalue weighted by Gasteiger charge is 2.23. The summed E-state index contributed by atoms with van der Waals surface area (Å²) in [5, 5.41) is 4.46. The van der Waals surface area contributed by atoms with E-state index in [2.05, 4.69) is 10.3 Å². The number of nitrogens with one attached hydrogen (secondary N) is 2. The van der Waals surface area contributed by atoms with Gasteiger partial charge in [0.15, 0.2) is 0 Å². The molecule has 1 aliphatic heterocycles. The zero-order valence-electron chi connectivity index (χ0n) is 12.6. The van der Waals surface area contributed by atoms with E-state index in [9.17, 15) is 9.18 Å². The molecule has 1 aliphatic rings. The Balaban J connectivity index is 1.83. The fourth-order valence-electron chi connectivity index (χ4n) is 3.29. The number of H-pyrrole nitrogens is 1. The summed E-state index contributed by atoms with van der Waals surface area (Å²) in [7, 11) is 0. The van der Waals surface area contributed by atoms with E-state index in [1.807, 2.05) is 30.3 Å². The summed E-state index contributed by atoms with van der Waals surface area (Å²) in [6.07, 6.45) is 1.03. The SMILES string of the molecule is O=C1CCN[C@@H](c2ccc(F)cc2-c2cc3ccccc3[nH]2)C1. The molecule has 1 aromatic heterocycles. The van der Waals surface area contributed by atoms with Crippen LogP contribution in [0, 0.1) is 5.82 Å². The molecule has 0 bridgehead atoms. The molecular formula is C19H17FN2O. The topological polar surface area (TPSA) is 44.9 Å². The average molecular weight is 308 g/mol. The highest BCUT2D eigenvalue weighted by atomic mass is 19.1. The third-order valence-electron chi connectivity index (χ3n) is 4.44. The van der Waals surface area contributed by atoms with Crippen LogP contribution in [0.25, 0.3) is 22.2 Å². The van der Waals surface area contributed by atoms with E-state index in [-0.39, 0.29) is 17.6 Å². The first kappa shape index (κ1) is 14.2. The Morgan fingerprint density at radius 3 is 2.78 bits per heavy atom. The summed E-state index contributed by atoms with van der Waals surface area (Å²) in [5.41, 5.74) is 3.67. The molecule has 3 nitrogen and oxygen atoms in total. The van der Waals surface area contributed by atoms with E-state index in [4.69, 9.17) is 0 Å². The lowest BCUT2D eigenvalue weighted by atomic mass is 9.91. The van der Waals surface area contributed by atoms with Crippen molar-refractivity contribution in [3.63, 3.8) is 0 Å². The number of Topliss-reactive ketones (excluding diaryl/α,β-unsaturated/α-hetero) is 1. The first-order chi connectivity index (χ1) is 11.2. The first-order valence-corrected chi connectivity index (χ1v) is 7.83. The van der Waals surface area contributed by atoms with Gasteiger partial charge in [0.1, 0.15) is 11.6 Å². The number of aromatic amines is 1. The predicted octanol–water partition coefficient (Wildman–Crippen LogP) is 3.97. The largest absolute Gasteiger partial charge is 0.355 e. The van der Waals surface area contributed by atoms with E-state index in [0.29, 0.717) is 19.4 Å². The molecule has 2 aromatic carbocycles. The molecular weight excluding hydrogens is 291 g/mol. The van der Waals surface area contributed by atoms with Gasteiger partial charge in [0.25, 0.3) is 0 Å². The normalized spacial score (nSPS) is 18.5. The van der Waals surface area contributed by atoms with Crippen molar-refractivity contribution in [2.24, 2.45) is 0 Å². The smallest absolute Gasteiger partial charge is 0.136 e. The molecule has 0 saturated carbocycles. The highest BCUT2D eigenvalue weighted by Crippen LogP contribution is 2.33. The number of piperidine rings is 1. The minimum atomic E-state index is -0.274. The molecule has 0 radical (unpaired) electrons. The molecule has 1 saturated heterocycles. The monoisotopic (exact) mass is 308 g/mol. The van der Waals surface area contributed by atoms with Crippen LogP contribution in [0.2, 0.25) is 0 Å². The molecule has 0 spiro atoms. The van der Waals surface area contributed by atoms with Gasteiger partial charge in [0.2, 0.25) is 0 Å². The number of aromatic nitrogens is 1. The Kier molecular flexibility index (Phi) is 3.46. The van der Waals surface area contributed by atoms with Crippen LogP contribution in [-0.2, 0) is 4.79 Å². The fraction of sp³-hybridized carbons (Fsp3) is 0.211. The van der Waals surface area contributed by atoms with Gasteiger partial charge in [0, 0.05) is 47.6 Å². The minimum absolute atomic E-state index is 0.0572. The van der Waals surface area contributed by atoms with Crippen molar-refractivity contribution < 1.29 is 9.18 Å². The Morgan fingerprint density at radius 1 is 1.09 bits per heavy atom. The number of hydrogen-bond donors (Lipinski definition) is 2. The maximum Gasteiger partial charge on any atom is 0.136 e. The second-order valence-corrected chi connectivity index (χ2v) is 6.00. The molecule has 3 aromatic rings. The third-order valence-corrected chi connectivity index (χ3v) is 4.44. The lowest BCUT2D eigenvalue weighted by Crippen LogP contribution is -2.32. The molecule has 1 fully saturated rings. The summed E-state index contributed by atoms with van der Waals surface area (Å²) in [6, 6.07) is 14.7. The maximum atomic E-state index is 13.8. The summed E-state index contributed by atoms with van der Waals surface area (Å²) in [4.78, 5) is 15.1. The number of benzene rings is 2. The zero-order valence-corrected chi connectivity index (χ0v) is 12.6. The fourth-order valence-corrected chi connectivity index (χ4v) is 3.29. The van der Waals surface area contributed by atoms with Gasteiger partial charge >= 0.3 is 0 Å². The summed E-state index contributed by atoms with van der Waals surface area (Å²) >= 11 is 0. The van der Waals surface area contributed by atoms with Crippen molar-refractivity contribution in [3.05, 3.63) is 59.9 Å². The van der Waals surface area contributed by atoms with Crippen LogP contribution in [0.5, 0.6) is 0 Å². The van der Waals surface area contributed by atoms with E-state index in [0.717, 1.165) is 27.7 Å². The molecule has 0 amide bonds. The van der Waals surface area contributed by atoms with Crippen LogP contribution in [0.15, 0.2) is 48.5 Å². The maximum absolute atomic E-state index is 13.8. The van der Waals surface area contributed by atoms with Crippen LogP contribution in [0.1, 0.15) is 24.4 Å². The molecule has 4 rings (SSSR count). The van der Waals surface area contributed by atoms with Crippen LogP contribution in [-0.4, -0.2) is 17.3 Å². The zero-order chi connectivity index (χ0) is 15.8. The molecule has 0 aliphatic carbocycles. The van der Waals surface area contributed by atoms with Gasteiger partial charge in [-0.25, -0.2) is 4.39 Å². The predicted molar refractivity (Wildman–Crippen MR) is 88.7 cm³/mol. The summed E-state index contributed by atoms with van der Waals surface area (Å²) in [6.45, 7) is 0.674. The van der Waals surface area contributed by atoms with Crippen LogP contribution in [0.3, 0.4) is 0 Å². The third kappa shape index (κ3) is 2.66. The second-order valence-electron chi connectivity index (χ2n) is 6.00. The molecule has 2 N–H and O–H groups in total. The molecule has 2 heterocycles. The van der Waals surface area contributed by atoms with Gasteiger partial charge in [-0.1, -0.05) is 24.3 Å². The Morgan fingerprint density at radius 2 is 1.96 bits per heavy atom. The van der Waals surface area contributed by atoms with E-state index >= 15 is 0 Å². The molecule has 1 atom stereocenters. The number of halogens is 1. The first-order valence-electron chi connectivity index (χ1n) is 7.83. The van der Waals surface area contributed by atoms with Crippen molar-refractivity contribution in [2.45, 2.75) is 18.9 Å². The van der Waals surface area contributed by atoms with E-state index < -0.39 is 0 Å². The number of para-hydroxylation sites is 1. The van der Waals surface area contributed by atoms with Crippen molar-refractivity contribution in [3.8, 4) is 11.3 Å². The van der Waals surface area contributed by atoms with Crippen molar-refractivity contribution in [1.29, 1.82) is 0 Å². The van der Waals surface area contributed by atoms with Crippen LogP contribution in [0.4, 0.5) is 4.39 Å². The lowest BCUT2D eigenvalue weighted by Gasteiger charge is -2.25. The van der Waals surface area contributed by atoms with Crippen molar-refractivity contribution in [2.75, 3.05) is 6.54 Å². The van der Waals surface area contributed by atoms with E-state index in [1.165, 1.54) is 6.07 Å². The Bertz CT molecular complexity index is 851. The molecule has 116 valence electrons. The van der Waals surface area contributed by atoms with Gasteiger partial charge in [-0.15, -0.1) is 0 Å². The Hall–Kier alpha value is -2.46. The molecule has 23 heavy (non-hydrogen) atoms. The van der Waals surface area contributed by atoms with Crippen molar-refractivity contribution >= 4 is 16.7 Å². The van der Waals surface area contributed by atoms with E-state index in [1.54, 1.807) is 12.1 Å². The molecule has 4 heteroatoms. The van der Waals surface area contributed by atoms with Gasteiger partial charge < -0.3 is 10.3 Å². The highest BCUT2D eigenvalue weighted by molar-refractivity contribution is 5.87. The average Bonchev–Trinajstić information content (AvgIpc) is 2.98. The lowest BCUT2D eigenvalue weighted by molar-refractivity contribution is -0.120. The van der Waals surface area contributed by atoms with Gasteiger partial charge in [-0.2, -0.15) is 0 Å². The number of ketones is 1.